The molecule has 1 amide bonds. The van der Waals surface area contributed by atoms with E-state index in [1.807, 2.05) is 24.6 Å². The van der Waals surface area contributed by atoms with Gasteiger partial charge in [0.1, 0.15) is 0 Å². The number of carbonyl (C=O) groups is 1. The number of hydrogen-bond acceptors (Lipinski definition) is 2. The van der Waals surface area contributed by atoms with Crippen LogP contribution in [-0.4, -0.2) is 22.0 Å². The van der Waals surface area contributed by atoms with E-state index >= 15 is 0 Å². The van der Waals surface area contributed by atoms with Crippen molar-refractivity contribution in [3.63, 3.8) is 0 Å². The van der Waals surface area contributed by atoms with E-state index < -0.39 is 0 Å². The topological polar surface area (TPSA) is 49.8 Å². The minimum Gasteiger partial charge on any atom is -0.356 e. The van der Waals surface area contributed by atoms with Gasteiger partial charge in [0.2, 0.25) is 5.91 Å². The van der Waals surface area contributed by atoms with Gasteiger partial charge < -0.3 is 14.9 Å². The predicted octanol–water partition coefficient (Wildman–Crippen LogP) is 1.38. The van der Waals surface area contributed by atoms with E-state index in [1.54, 1.807) is 0 Å². The average molecular weight is 213 g/mol. The molecule has 2 N–H and O–H groups in total. The van der Waals surface area contributed by atoms with Crippen molar-refractivity contribution in [2.24, 2.45) is 0 Å². The summed E-state index contributed by atoms with van der Waals surface area (Å²) in [5, 5.41) is 2.75. The van der Waals surface area contributed by atoms with Crippen LogP contribution in [0.5, 0.6) is 0 Å². The summed E-state index contributed by atoms with van der Waals surface area (Å²) >= 11 is 5.07. The number of aryl methyl sites for hydroxylation is 1. The van der Waals surface area contributed by atoms with Crippen LogP contribution in [0.3, 0.4) is 0 Å². The van der Waals surface area contributed by atoms with Gasteiger partial charge in [0, 0.05) is 31.4 Å². The number of rotatable bonds is 4. The number of carbonyl (C=O) groups excluding carboxylic acids is 1. The molecule has 1 aromatic rings. The molecule has 1 heterocycles. The number of nitrogens with zero attached hydrogens (tertiary/aromatic N) is 1. The lowest BCUT2D eigenvalue weighted by molar-refractivity contribution is -0.121. The van der Waals surface area contributed by atoms with Gasteiger partial charge >= 0.3 is 0 Å². The van der Waals surface area contributed by atoms with Gasteiger partial charge in [-0.3, -0.25) is 4.79 Å². The normalized spacial score (nSPS) is 10.1. The maximum Gasteiger partial charge on any atom is 0.221 e. The van der Waals surface area contributed by atoms with Crippen molar-refractivity contribution in [3.8, 4) is 0 Å². The fourth-order valence-corrected chi connectivity index (χ4v) is 1.55. The Hall–Kier alpha value is -1.10. The highest BCUT2D eigenvalue weighted by Crippen LogP contribution is 2.00. The fraction of sp³-hybridized carbons (Fsp3) is 0.556. The van der Waals surface area contributed by atoms with Crippen LogP contribution in [0.1, 0.15) is 19.0 Å². The lowest BCUT2D eigenvalue weighted by Gasteiger charge is -2.04. The van der Waals surface area contributed by atoms with Crippen LogP contribution in [0.15, 0.2) is 6.20 Å². The zero-order chi connectivity index (χ0) is 10.6. The summed E-state index contributed by atoms with van der Waals surface area (Å²) in [6, 6.07) is 0. The van der Waals surface area contributed by atoms with Crippen LogP contribution in [0.2, 0.25) is 0 Å². The van der Waals surface area contributed by atoms with Gasteiger partial charge in [-0.2, -0.15) is 0 Å². The van der Waals surface area contributed by atoms with Gasteiger partial charge in [-0.25, -0.2) is 0 Å². The van der Waals surface area contributed by atoms with E-state index in [-0.39, 0.29) is 5.91 Å². The number of hydrogen-bond donors (Lipinski definition) is 2. The molecule has 0 atom stereocenters. The summed E-state index contributed by atoms with van der Waals surface area (Å²) < 4.78 is 2.59. The highest BCUT2D eigenvalue weighted by molar-refractivity contribution is 7.71. The summed E-state index contributed by atoms with van der Waals surface area (Å²) in [6.07, 6.45) is 2.32. The Morgan fingerprint density at radius 3 is 2.93 bits per heavy atom. The van der Waals surface area contributed by atoms with E-state index in [0.717, 1.165) is 5.69 Å². The van der Waals surface area contributed by atoms with Crippen molar-refractivity contribution >= 4 is 18.1 Å². The molecule has 1 aromatic heterocycles. The van der Waals surface area contributed by atoms with Gasteiger partial charge in [0.15, 0.2) is 4.77 Å². The molecule has 0 saturated carbocycles. The second-order valence-corrected chi connectivity index (χ2v) is 3.48. The molecule has 0 saturated heterocycles. The second kappa shape index (κ2) is 4.95. The van der Waals surface area contributed by atoms with Crippen molar-refractivity contribution in [1.82, 2.24) is 14.9 Å². The number of imidazole rings is 1. The van der Waals surface area contributed by atoms with Crippen LogP contribution >= 0.6 is 12.2 Å². The molecule has 14 heavy (non-hydrogen) atoms. The molecule has 1 rings (SSSR count). The van der Waals surface area contributed by atoms with Gasteiger partial charge in [-0.1, -0.05) is 0 Å². The first kappa shape index (κ1) is 11.0. The molecule has 0 aromatic carbocycles. The van der Waals surface area contributed by atoms with Crippen LogP contribution < -0.4 is 5.32 Å². The molecular weight excluding hydrogens is 198 g/mol. The first-order chi connectivity index (χ1) is 6.65. The summed E-state index contributed by atoms with van der Waals surface area (Å²) in [6.45, 7) is 5.19. The van der Waals surface area contributed by atoms with Crippen molar-refractivity contribution < 1.29 is 4.79 Å². The molecule has 0 unspecified atom stereocenters. The Balaban J connectivity index is 2.53. The van der Waals surface area contributed by atoms with Crippen LogP contribution in [0.4, 0.5) is 0 Å². The summed E-state index contributed by atoms with van der Waals surface area (Å²) in [5.74, 6) is 0.0648. The maximum atomic E-state index is 11.2. The highest BCUT2D eigenvalue weighted by Gasteiger charge is 2.02. The first-order valence-corrected chi connectivity index (χ1v) is 5.07. The molecule has 78 valence electrons. The van der Waals surface area contributed by atoms with E-state index in [4.69, 9.17) is 12.2 Å². The minimum atomic E-state index is 0.0648. The third-order valence-electron chi connectivity index (χ3n) is 2.01. The zero-order valence-corrected chi connectivity index (χ0v) is 9.28. The van der Waals surface area contributed by atoms with Gasteiger partial charge in [0.25, 0.3) is 0 Å². The largest absolute Gasteiger partial charge is 0.356 e. The third kappa shape index (κ3) is 2.70. The Bertz CT molecular complexity index is 366. The Labute approximate surface area is 88.3 Å². The quantitative estimate of drug-likeness (QED) is 0.742. The molecule has 0 aliphatic rings. The molecule has 4 nitrogen and oxygen atoms in total. The van der Waals surface area contributed by atoms with Crippen molar-refractivity contribution in [3.05, 3.63) is 16.7 Å². The SMILES string of the molecule is CCNC(=O)CCn1c(C)c[nH]c1=S. The molecule has 0 radical (unpaired) electrons. The lowest BCUT2D eigenvalue weighted by Crippen LogP contribution is -2.23. The molecule has 0 spiro atoms. The summed E-state index contributed by atoms with van der Waals surface area (Å²) in [5.41, 5.74) is 1.05. The lowest BCUT2D eigenvalue weighted by atomic mass is 10.4. The van der Waals surface area contributed by atoms with Crippen LogP contribution in [0, 0.1) is 11.7 Å². The molecule has 0 aliphatic carbocycles. The molecule has 0 fully saturated rings. The number of amides is 1. The van der Waals surface area contributed by atoms with Gasteiger partial charge in [0.05, 0.1) is 0 Å². The highest BCUT2D eigenvalue weighted by atomic mass is 32.1. The Morgan fingerprint density at radius 1 is 1.71 bits per heavy atom. The number of aromatic nitrogens is 2. The Kier molecular flexibility index (Phi) is 3.88. The third-order valence-corrected chi connectivity index (χ3v) is 2.35. The second-order valence-electron chi connectivity index (χ2n) is 3.09. The van der Waals surface area contributed by atoms with E-state index in [9.17, 15) is 4.79 Å². The maximum absolute atomic E-state index is 11.2. The predicted molar refractivity (Wildman–Crippen MR) is 57.7 cm³/mol. The standard InChI is InChI=1S/C9H15N3OS/c1-3-10-8(13)4-5-12-7(2)6-11-9(12)14/h6H,3-5H2,1-2H3,(H,10,13)(H,11,14). The monoisotopic (exact) mass is 213 g/mol. The van der Waals surface area contributed by atoms with E-state index in [2.05, 4.69) is 10.3 Å². The van der Waals surface area contributed by atoms with E-state index in [0.29, 0.717) is 24.3 Å². The van der Waals surface area contributed by atoms with Crippen molar-refractivity contribution in [1.29, 1.82) is 0 Å². The van der Waals surface area contributed by atoms with E-state index in [1.165, 1.54) is 0 Å². The molecule has 0 aliphatic heterocycles. The minimum absolute atomic E-state index is 0.0648. The van der Waals surface area contributed by atoms with Crippen LogP contribution in [-0.2, 0) is 11.3 Å². The van der Waals surface area contributed by atoms with Gasteiger partial charge in [-0.05, 0) is 26.1 Å². The van der Waals surface area contributed by atoms with Crippen molar-refractivity contribution in [2.45, 2.75) is 26.8 Å². The zero-order valence-electron chi connectivity index (χ0n) is 8.46. The smallest absolute Gasteiger partial charge is 0.221 e. The molecule has 5 heteroatoms. The van der Waals surface area contributed by atoms with Crippen LogP contribution in [0.25, 0.3) is 0 Å². The molecular formula is C9H15N3OS. The van der Waals surface area contributed by atoms with Crippen molar-refractivity contribution in [2.75, 3.05) is 6.54 Å². The average Bonchev–Trinajstić information content (AvgIpc) is 2.44. The number of H-pyrrole nitrogens is 1. The summed E-state index contributed by atoms with van der Waals surface area (Å²) in [7, 11) is 0. The number of aromatic amines is 1. The van der Waals surface area contributed by atoms with Gasteiger partial charge in [-0.15, -0.1) is 0 Å². The molecule has 0 bridgehead atoms. The first-order valence-electron chi connectivity index (χ1n) is 4.66. The number of nitrogens with one attached hydrogen (secondary N) is 2. The Morgan fingerprint density at radius 2 is 2.43 bits per heavy atom. The summed E-state index contributed by atoms with van der Waals surface area (Å²) in [4.78, 5) is 14.1. The fourth-order valence-electron chi connectivity index (χ4n) is 1.26.